The first-order chi connectivity index (χ1) is 13.5. The van der Waals surface area contributed by atoms with Crippen molar-refractivity contribution >= 4 is 17.5 Å². The molecule has 2 aromatic rings. The molecule has 0 spiro atoms. The molecule has 0 aliphatic heterocycles. The summed E-state index contributed by atoms with van der Waals surface area (Å²) in [5.74, 6) is 0.935. The summed E-state index contributed by atoms with van der Waals surface area (Å²) in [5, 5.41) is 2.92. The summed E-state index contributed by atoms with van der Waals surface area (Å²) in [5.41, 5.74) is 1.87. The predicted molar refractivity (Wildman–Crippen MR) is 110 cm³/mol. The minimum Gasteiger partial charge on any atom is -0.497 e. The molecular formula is C22H28N2O4. The van der Waals surface area contributed by atoms with E-state index in [1.165, 1.54) is 19.6 Å². The molecule has 2 amide bonds. The number of nitrogens with zero attached hydrogens (tertiary/aromatic N) is 1. The van der Waals surface area contributed by atoms with Crippen molar-refractivity contribution < 1.29 is 19.1 Å². The molecule has 150 valence electrons. The number of methoxy groups -OCH3 is 2. The van der Waals surface area contributed by atoms with Gasteiger partial charge in [0.25, 0.3) is 0 Å². The number of carbonyl (C=O) groups is 2. The van der Waals surface area contributed by atoms with Crippen molar-refractivity contribution in [2.24, 2.45) is 0 Å². The summed E-state index contributed by atoms with van der Waals surface area (Å²) in [6, 6.07) is 15.4. The van der Waals surface area contributed by atoms with E-state index in [1.54, 1.807) is 30.2 Å². The van der Waals surface area contributed by atoms with Crippen LogP contribution < -0.4 is 19.7 Å². The van der Waals surface area contributed by atoms with Crippen molar-refractivity contribution in [2.45, 2.75) is 26.2 Å². The SMILES string of the molecule is COc1ccc(N(CCC(=O)NCCCc2ccccc2)C(C)=O)c(OC)c1. The number of rotatable bonds is 10. The van der Waals surface area contributed by atoms with Crippen molar-refractivity contribution in [3.63, 3.8) is 0 Å². The van der Waals surface area contributed by atoms with Gasteiger partial charge < -0.3 is 19.7 Å². The van der Waals surface area contributed by atoms with Crippen molar-refractivity contribution in [1.82, 2.24) is 5.32 Å². The molecule has 0 radical (unpaired) electrons. The van der Waals surface area contributed by atoms with Gasteiger partial charge in [0, 0.05) is 32.5 Å². The highest BCUT2D eigenvalue weighted by molar-refractivity contribution is 5.94. The second kappa shape index (κ2) is 11.0. The molecule has 0 unspecified atom stereocenters. The third-order valence-electron chi connectivity index (χ3n) is 4.43. The summed E-state index contributed by atoms with van der Waals surface area (Å²) in [6.45, 7) is 2.36. The highest BCUT2D eigenvalue weighted by atomic mass is 16.5. The monoisotopic (exact) mass is 384 g/mol. The van der Waals surface area contributed by atoms with E-state index < -0.39 is 0 Å². The number of aryl methyl sites for hydroxylation is 1. The van der Waals surface area contributed by atoms with E-state index >= 15 is 0 Å². The van der Waals surface area contributed by atoms with E-state index in [0.717, 1.165) is 12.8 Å². The largest absolute Gasteiger partial charge is 0.497 e. The van der Waals surface area contributed by atoms with Gasteiger partial charge in [0.1, 0.15) is 11.5 Å². The van der Waals surface area contributed by atoms with Gasteiger partial charge in [0.2, 0.25) is 11.8 Å². The highest BCUT2D eigenvalue weighted by Gasteiger charge is 2.18. The van der Waals surface area contributed by atoms with E-state index in [9.17, 15) is 9.59 Å². The number of hydrogen-bond donors (Lipinski definition) is 1. The molecule has 0 heterocycles. The fourth-order valence-electron chi connectivity index (χ4n) is 2.92. The van der Waals surface area contributed by atoms with Crippen molar-refractivity contribution in [3.05, 3.63) is 54.1 Å². The number of anilines is 1. The lowest BCUT2D eigenvalue weighted by molar-refractivity contribution is -0.121. The maximum atomic E-state index is 12.2. The molecular weight excluding hydrogens is 356 g/mol. The molecule has 0 aliphatic carbocycles. The van der Waals surface area contributed by atoms with Crippen LogP contribution in [0, 0.1) is 0 Å². The molecule has 6 heteroatoms. The van der Waals surface area contributed by atoms with Crippen LogP contribution in [0.5, 0.6) is 11.5 Å². The van der Waals surface area contributed by atoms with Crippen LogP contribution in [-0.4, -0.2) is 39.1 Å². The Kier molecular flexibility index (Phi) is 8.34. The third kappa shape index (κ3) is 6.30. The molecule has 0 bridgehead atoms. The van der Waals surface area contributed by atoms with Gasteiger partial charge in [-0.25, -0.2) is 0 Å². The molecule has 0 saturated heterocycles. The Labute approximate surface area is 166 Å². The number of carbonyl (C=O) groups excluding carboxylic acids is 2. The van der Waals surface area contributed by atoms with Crippen LogP contribution >= 0.6 is 0 Å². The van der Waals surface area contributed by atoms with E-state index in [-0.39, 0.29) is 24.8 Å². The normalized spacial score (nSPS) is 10.2. The number of amides is 2. The number of hydrogen-bond acceptors (Lipinski definition) is 4. The van der Waals surface area contributed by atoms with Crippen molar-refractivity contribution in [2.75, 3.05) is 32.2 Å². The molecule has 6 nitrogen and oxygen atoms in total. The van der Waals surface area contributed by atoms with Crippen LogP contribution in [0.1, 0.15) is 25.3 Å². The van der Waals surface area contributed by atoms with E-state index in [1.807, 2.05) is 18.2 Å². The summed E-state index contributed by atoms with van der Waals surface area (Å²) >= 11 is 0. The van der Waals surface area contributed by atoms with E-state index in [0.29, 0.717) is 23.7 Å². The average Bonchev–Trinajstić information content (AvgIpc) is 2.72. The first-order valence-electron chi connectivity index (χ1n) is 9.36. The molecule has 28 heavy (non-hydrogen) atoms. The van der Waals surface area contributed by atoms with E-state index in [2.05, 4.69) is 17.4 Å². The minimum absolute atomic E-state index is 0.0770. The zero-order chi connectivity index (χ0) is 20.4. The molecule has 1 N–H and O–H groups in total. The van der Waals surface area contributed by atoms with Gasteiger partial charge in [-0.3, -0.25) is 9.59 Å². The minimum atomic E-state index is -0.152. The number of ether oxygens (including phenoxy) is 2. The zero-order valence-corrected chi connectivity index (χ0v) is 16.7. The van der Waals surface area contributed by atoms with E-state index in [4.69, 9.17) is 9.47 Å². The van der Waals surface area contributed by atoms with Gasteiger partial charge in [-0.1, -0.05) is 30.3 Å². The number of nitrogens with one attached hydrogen (secondary N) is 1. The maximum absolute atomic E-state index is 12.2. The van der Waals surface area contributed by atoms with Gasteiger partial charge in [-0.15, -0.1) is 0 Å². The second-order valence-corrected chi connectivity index (χ2v) is 6.40. The van der Waals surface area contributed by atoms with Gasteiger partial charge in [0.15, 0.2) is 0 Å². The quantitative estimate of drug-likeness (QED) is 0.639. The van der Waals surface area contributed by atoms with Crippen molar-refractivity contribution in [3.8, 4) is 11.5 Å². The van der Waals surface area contributed by atoms with Crippen LogP contribution in [0.3, 0.4) is 0 Å². The fraction of sp³-hybridized carbons (Fsp3) is 0.364. The Morgan fingerprint density at radius 2 is 1.79 bits per heavy atom. The molecule has 2 aromatic carbocycles. The van der Waals surface area contributed by atoms with Crippen LogP contribution in [-0.2, 0) is 16.0 Å². The van der Waals surface area contributed by atoms with Gasteiger partial charge in [-0.2, -0.15) is 0 Å². The van der Waals surface area contributed by atoms with Gasteiger partial charge in [0.05, 0.1) is 19.9 Å². The highest BCUT2D eigenvalue weighted by Crippen LogP contribution is 2.32. The lowest BCUT2D eigenvalue weighted by Gasteiger charge is -2.23. The lowest BCUT2D eigenvalue weighted by atomic mass is 10.1. The second-order valence-electron chi connectivity index (χ2n) is 6.40. The van der Waals surface area contributed by atoms with Crippen LogP contribution in [0.4, 0.5) is 5.69 Å². The standard InChI is InChI=1S/C22H28N2O4/c1-17(25)24(20-12-11-19(27-2)16-21(20)28-3)15-13-22(26)23-14-7-10-18-8-5-4-6-9-18/h4-6,8-9,11-12,16H,7,10,13-15H2,1-3H3,(H,23,26). The fourth-order valence-corrected chi connectivity index (χ4v) is 2.92. The molecule has 0 aromatic heterocycles. The van der Waals surface area contributed by atoms with Crippen LogP contribution in [0.25, 0.3) is 0 Å². The van der Waals surface area contributed by atoms with Gasteiger partial charge in [-0.05, 0) is 30.5 Å². The smallest absolute Gasteiger partial charge is 0.223 e. The Morgan fingerprint density at radius 3 is 2.43 bits per heavy atom. The Hall–Kier alpha value is -3.02. The molecule has 2 rings (SSSR count). The maximum Gasteiger partial charge on any atom is 0.223 e. The molecule has 0 aliphatic rings. The van der Waals surface area contributed by atoms with Gasteiger partial charge >= 0.3 is 0 Å². The Morgan fingerprint density at radius 1 is 1.04 bits per heavy atom. The topological polar surface area (TPSA) is 67.9 Å². The predicted octanol–water partition coefficient (Wildman–Crippen LogP) is 3.20. The van der Waals surface area contributed by atoms with Crippen molar-refractivity contribution in [1.29, 1.82) is 0 Å². The Balaban J connectivity index is 1.85. The summed E-state index contributed by atoms with van der Waals surface area (Å²) in [7, 11) is 3.11. The van der Waals surface area contributed by atoms with Crippen LogP contribution in [0.2, 0.25) is 0 Å². The zero-order valence-electron chi connectivity index (χ0n) is 16.7. The first kappa shape index (κ1) is 21.3. The summed E-state index contributed by atoms with van der Waals surface area (Å²) in [4.78, 5) is 25.8. The van der Waals surface area contributed by atoms with Crippen LogP contribution in [0.15, 0.2) is 48.5 Å². The first-order valence-corrected chi connectivity index (χ1v) is 9.36. The lowest BCUT2D eigenvalue weighted by Crippen LogP contribution is -2.34. The third-order valence-corrected chi connectivity index (χ3v) is 4.43. The molecule has 0 saturated carbocycles. The summed E-state index contributed by atoms with van der Waals surface area (Å²) < 4.78 is 10.6. The Bertz CT molecular complexity index is 777. The molecule has 0 atom stereocenters. The molecule has 0 fully saturated rings. The summed E-state index contributed by atoms with van der Waals surface area (Å²) in [6.07, 6.45) is 2.02. The number of benzene rings is 2. The average molecular weight is 384 g/mol.